The first-order valence-corrected chi connectivity index (χ1v) is 8.84. The maximum Gasteiger partial charge on any atom is 0.0342 e. The van der Waals surface area contributed by atoms with Gasteiger partial charge >= 0.3 is 0 Å². The summed E-state index contributed by atoms with van der Waals surface area (Å²) in [4.78, 5) is 0. The summed E-state index contributed by atoms with van der Waals surface area (Å²) in [6, 6.07) is 9.78. The molecule has 1 nitrogen and oxygen atoms in total. The normalized spacial score (nSPS) is 24.8. The molecule has 1 aromatic carbocycles. The molecule has 0 radical (unpaired) electrons. The molecule has 0 aliphatic heterocycles. The maximum absolute atomic E-state index is 3.76. The molecular formula is C20H33N. The van der Waals surface area contributed by atoms with E-state index in [9.17, 15) is 0 Å². The predicted octanol–water partition coefficient (Wildman–Crippen LogP) is 6.05. The van der Waals surface area contributed by atoms with Gasteiger partial charge in [0, 0.05) is 11.7 Å². The molecule has 118 valence electrons. The molecule has 1 aliphatic carbocycles. The fourth-order valence-corrected chi connectivity index (χ4v) is 4.04. The van der Waals surface area contributed by atoms with Gasteiger partial charge in [-0.25, -0.2) is 0 Å². The van der Waals surface area contributed by atoms with Crippen molar-refractivity contribution in [3.05, 3.63) is 29.8 Å². The standard InChI is InChI=1S/C20H33N/c1-5-6-7-8-17-9-11-18(12-10-17)21-19-13-16(2)14-20(3,4)15-19/h9-12,16,19,21H,5-8,13-15H2,1-4H3. The van der Waals surface area contributed by atoms with Crippen molar-refractivity contribution in [3.8, 4) is 0 Å². The average molecular weight is 287 g/mol. The molecule has 0 aromatic heterocycles. The smallest absolute Gasteiger partial charge is 0.0342 e. The minimum Gasteiger partial charge on any atom is -0.382 e. The van der Waals surface area contributed by atoms with E-state index in [4.69, 9.17) is 0 Å². The van der Waals surface area contributed by atoms with Gasteiger partial charge in [0.15, 0.2) is 0 Å². The van der Waals surface area contributed by atoms with Crippen molar-refractivity contribution < 1.29 is 0 Å². The zero-order chi connectivity index (χ0) is 15.3. The Morgan fingerprint density at radius 2 is 1.81 bits per heavy atom. The Balaban J connectivity index is 1.88. The highest BCUT2D eigenvalue weighted by molar-refractivity contribution is 5.45. The van der Waals surface area contributed by atoms with Crippen LogP contribution in [0.15, 0.2) is 24.3 Å². The van der Waals surface area contributed by atoms with Gasteiger partial charge in [-0.1, -0.05) is 52.7 Å². The van der Waals surface area contributed by atoms with Crippen molar-refractivity contribution in [2.24, 2.45) is 11.3 Å². The van der Waals surface area contributed by atoms with Gasteiger partial charge in [-0.2, -0.15) is 0 Å². The largest absolute Gasteiger partial charge is 0.382 e. The van der Waals surface area contributed by atoms with E-state index in [1.165, 1.54) is 56.2 Å². The summed E-state index contributed by atoms with van der Waals surface area (Å²) in [6.45, 7) is 9.48. The number of unbranched alkanes of at least 4 members (excludes halogenated alkanes) is 2. The summed E-state index contributed by atoms with van der Waals surface area (Å²) in [5.41, 5.74) is 3.26. The van der Waals surface area contributed by atoms with Gasteiger partial charge in [0.1, 0.15) is 0 Å². The van der Waals surface area contributed by atoms with Crippen LogP contribution in [0.5, 0.6) is 0 Å². The fraction of sp³-hybridized carbons (Fsp3) is 0.700. The van der Waals surface area contributed by atoms with E-state index in [2.05, 4.69) is 57.3 Å². The molecule has 0 saturated heterocycles. The second kappa shape index (κ2) is 7.33. The topological polar surface area (TPSA) is 12.0 Å². The fourth-order valence-electron chi connectivity index (χ4n) is 4.04. The lowest BCUT2D eigenvalue weighted by molar-refractivity contribution is 0.178. The molecule has 1 heteroatoms. The zero-order valence-electron chi connectivity index (χ0n) is 14.4. The molecular weight excluding hydrogens is 254 g/mol. The average Bonchev–Trinajstić information content (AvgIpc) is 2.38. The minimum absolute atomic E-state index is 0.482. The van der Waals surface area contributed by atoms with E-state index >= 15 is 0 Å². The van der Waals surface area contributed by atoms with E-state index < -0.39 is 0 Å². The molecule has 0 amide bonds. The number of aryl methyl sites for hydroxylation is 1. The third-order valence-electron chi connectivity index (χ3n) is 4.78. The zero-order valence-corrected chi connectivity index (χ0v) is 14.4. The van der Waals surface area contributed by atoms with Gasteiger partial charge in [-0.3, -0.25) is 0 Å². The highest BCUT2D eigenvalue weighted by Gasteiger charge is 2.31. The molecule has 1 aromatic rings. The Kier molecular flexibility index (Phi) is 5.72. The lowest BCUT2D eigenvalue weighted by Crippen LogP contribution is -2.35. The highest BCUT2D eigenvalue weighted by Crippen LogP contribution is 2.39. The molecule has 1 fully saturated rings. The van der Waals surface area contributed by atoms with Crippen LogP contribution >= 0.6 is 0 Å². The Morgan fingerprint density at radius 3 is 2.43 bits per heavy atom. The van der Waals surface area contributed by atoms with Crippen LogP contribution in [0.25, 0.3) is 0 Å². The Bertz CT molecular complexity index is 418. The van der Waals surface area contributed by atoms with E-state index in [1.807, 2.05) is 0 Å². The van der Waals surface area contributed by atoms with Crippen molar-refractivity contribution in [2.45, 2.75) is 78.7 Å². The van der Waals surface area contributed by atoms with Crippen LogP contribution < -0.4 is 5.32 Å². The van der Waals surface area contributed by atoms with E-state index in [0.717, 1.165) is 5.92 Å². The molecule has 0 bridgehead atoms. The van der Waals surface area contributed by atoms with Gasteiger partial charge in [-0.05, 0) is 61.1 Å². The van der Waals surface area contributed by atoms with Crippen molar-refractivity contribution in [1.82, 2.24) is 0 Å². The number of hydrogen-bond acceptors (Lipinski definition) is 1. The number of anilines is 1. The second-order valence-corrected chi connectivity index (χ2v) is 7.91. The van der Waals surface area contributed by atoms with Crippen LogP contribution in [-0.2, 0) is 6.42 Å². The molecule has 1 aliphatic rings. The Hall–Kier alpha value is -0.980. The summed E-state index contributed by atoms with van der Waals surface area (Å²) >= 11 is 0. The number of benzene rings is 1. The summed E-state index contributed by atoms with van der Waals surface area (Å²) in [6.07, 6.45) is 9.14. The first-order valence-electron chi connectivity index (χ1n) is 8.84. The van der Waals surface area contributed by atoms with E-state index in [-0.39, 0.29) is 0 Å². The molecule has 0 heterocycles. The molecule has 0 spiro atoms. The molecule has 2 rings (SSSR count). The van der Waals surface area contributed by atoms with Crippen LogP contribution in [0.3, 0.4) is 0 Å². The second-order valence-electron chi connectivity index (χ2n) is 7.91. The predicted molar refractivity (Wildman–Crippen MR) is 93.9 cm³/mol. The first-order chi connectivity index (χ1) is 9.98. The van der Waals surface area contributed by atoms with Crippen LogP contribution in [-0.4, -0.2) is 6.04 Å². The molecule has 2 atom stereocenters. The lowest BCUT2D eigenvalue weighted by Gasteiger charge is -2.39. The van der Waals surface area contributed by atoms with Crippen LogP contribution in [0.4, 0.5) is 5.69 Å². The van der Waals surface area contributed by atoms with E-state index in [1.54, 1.807) is 0 Å². The van der Waals surface area contributed by atoms with Crippen molar-refractivity contribution in [2.75, 3.05) is 5.32 Å². The monoisotopic (exact) mass is 287 g/mol. The number of hydrogen-bond donors (Lipinski definition) is 1. The Morgan fingerprint density at radius 1 is 1.10 bits per heavy atom. The van der Waals surface area contributed by atoms with Crippen molar-refractivity contribution in [3.63, 3.8) is 0 Å². The SMILES string of the molecule is CCCCCc1ccc(NC2CC(C)CC(C)(C)C2)cc1. The minimum atomic E-state index is 0.482. The van der Waals surface area contributed by atoms with Gasteiger partial charge in [0.05, 0.1) is 0 Å². The maximum atomic E-state index is 3.76. The van der Waals surface area contributed by atoms with Gasteiger partial charge in [-0.15, -0.1) is 0 Å². The van der Waals surface area contributed by atoms with E-state index in [0.29, 0.717) is 11.5 Å². The molecule has 2 unspecified atom stereocenters. The molecule has 1 saturated carbocycles. The number of nitrogens with one attached hydrogen (secondary N) is 1. The molecule has 21 heavy (non-hydrogen) atoms. The molecule has 1 N–H and O–H groups in total. The van der Waals surface area contributed by atoms with Crippen molar-refractivity contribution >= 4 is 5.69 Å². The first kappa shape index (κ1) is 16.4. The summed E-state index contributed by atoms with van der Waals surface area (Å²) in [5.74, 6) is 0.833. The van der Waals surface area contributed by atoms with Crippen LogP contribution in [0.1, 0.15) is 71.8 Å². The summed E-state index contributed by atoms with van der Waals surface area (Å²) in [7, 11) is 0. The third kappa shape index (κ3) is 5.37. The summed E-state index contributed by atoms with van der Waals surface area (Å²) < 4.78 is 0. The Labute approximate surface area is 131 Å². The number of rotatable bonds is 6. The van der Waals surface area contributed by atoms with Crippen LogP contribution in [0.2, 0.25) is 0 Å². The lowest BCUT2D eigenvalue weighted by atomic mass is 9.70. The third-order valence-corrected chi connectivity index (χ3v) is 4.78. The van der Waals surface area contributed by atoms with Gasteiger partial charge in [0.2, 0.25) is 0 Å². The van der Waals surface area contributed by atoms with Crippen LogP contribution in [0, 0.1) is 11.3 Å². The van der Waals surface area contributed by atoms with Gasteiger partial charge in [0.25, 0.3) is 0 Å². The summed E-state index contributed by atoms with van der Waals surface area (Å²) in [5, 5.41) is 3.76. The van der Waals surface area contributed by atoms with Crippen molar-refractivity contribution in [1.29, 1.82) is 0 Å². The highest BCUT2D eigenvalue weighted by atomic mass is 14.9. The van der Waals surface area contributed by atoms with Gasteiger partial charge < -0.3 is 5.32 Å². The quantitative estimate of drug-likeness (QED) is 0.628.